The Morgan fingerprint density at radius 1 is 1.10 bits per heavy atom. The van der Waals surface area contributed by atoms with E-state index in [1.807, 2.05) is 0 Å². The van der Waals surface area contributed by atoms with Gasteiger partial charge < -0.3 is 0 Å². The largest absolute Gasteiger partial charge is 0.273 e. The number of carbonyl (C=O) groups is 1. The molecule has 5 heteroatoms. The van der Waals surface area contributed by atoms with Crippen molar-refractivity contribution in [2.75, 3.05) is 0 Å². The lowest BCUT2D eigenvalue weighted by Gasteiger charge is -2.00. The lowest BCUT2D eigenvalue weighted by atomic mass is 10.1. The molecule has 0 aromatic heterocycles. The van der Waals surface area contributed by atoms with E-state index in [4.69, 9.17) is 0 Å². The molecule has 102 valence electrons. The van der Waals surface area contributed by atoms with Crippen LogP contribution in [0.3, 0.4) is 0 Å². The van der Waals surface area contributed by atoms with Crippen molar-refractivity contribution in [2.45, 2.75) is 6.42 Å². The zero-order valence-corrected chi connectivity index (χ0v) is 10.5. The molecule has 20 heavy (non-hydrogen) atoms. The number of hydrogen-bond acceptors (Lipinski definition) is 2. The number of amides is 1. The second-order valence-corrected chi connectivity index (χ2v) is 4.12. The van der Waals surface area contributed by atoms with E-state index in [9.17, 15) is 13.6 Å². The van der Waals surface area contributed by atoms with E-state index in [0.29, 0.717) is 5.56 Å². The maximum absolute atomic E-state index is 13.3. The van der Waals surface area contributed by atoms with E-state index >= 15 is 0 Å². The van der Waals surface area contributed by atoms with Crippen LogP contribution in [0.1, 0.15) is 11.1 Å². The van der Waals surface area contributed by atoms with Crippen LogP contribution in [0.25, 0.3) is 0 Å². The van der Waals surface area contributed by atoms with E-state index in [1.165, 1.54) is 36.5 Å². The van der Waals surface area contributed by atoms with Crippen LogP contribution in [0.2, 0.25) is 0 Å². The number of nitrogens with one attached hydrogen (secondary N) is 1. The molecule has 0 saturated heterocycles. The summed E-state index contributed by atoms with van der Waals surface area (Å²) in [5, 5.41) is 3.68. The van der Waals surface area contributed by atoms with Crippen LogP contribution in [-0.4, -0.2) is 12.1 Å². The van der Waals surface area contributed by atoms with E-state index in [1.54, 1.807) is 18.2 Å². The number of benzene rings is 2. The van der Waals surface area contributed by atoms with Gasteiger partial charge in [0.1, 0.15) is 11.6 Å². The van der Waals surface area contributed by atoms with E-state index in [0.717, 1.165) is 0 Å². The summed E-state index contributed by atoms with van der Waals surface area (Å²) in [6.07, 6.45) is 1.31. The van der Waals surface area contributed by atoms with Gasteiger partial charge in [-0.05, 0) is 23.8 Å². The second-order valence-electron chi connectivity index (χ2n) is 4.12. The molecular formula is C15H12F2N2O. The highest BCUT2D eigenvalue weighted by molar-refractivity contribution is 5.83. The van der Waals surface area contributed by atoms with Crippen LogP contribution >= 0.6 is 0 Å². The van der Waals surface area contributed by atoms with Gasteiger partial charge in [-0.2, -0.15) is 5.10 Å². The summed E-state index contributed by atoms with van der Waals surface area (Å²) in [5.74, 6) is -1.13. The Balaban J connectivity index is 1.89. The third-order valence-corrected chi connectivity index (χ3v) is 2.58. The smallest absolute Gasteiger partial charge is 0.244 e. The van der Waals surface area contributed by atoms with E-state index in [-0.39, 0.29) is 23.7 Å². The second kappa shape index (κ2) is 6.56. The minimum Gasteiger partial charge on any atom is -0.273 e. The molecule has 0 spiro atoms. The van der Waals surface area contributed by atoms with Crippen molar-refractivity contribution in [3.05, 3.63) is 71.3 Å². The summed E-state index contributed by atoms with van der Waals surface area (Å²) in [5.41, 5.74) is 3.25. The van der Waals surface area contributed by atoms with E-state index < -0.39 is 5.82 Å². The summed E-state index contributed by atoms with van der Waals surface area (Å²) < 4.78 is 26.0. The van der Waals surface area contributed by atoms with Gasteiger partial charge in [-0.1, -0.05) is 30.3 Å². The zero-order chi connectivity index (χ0) is 14.4. The van der Waals surface area contributed by atoms with Crippen molar-refractivity contribution < 1.29 is 13.6 Å². The Bertz CT molecular complexity index is 624. The maximum Gasteiger partial charge on any atom is 0.244 e. The molecule has 0 aliphatic carbocycles. The molecule has 2 aromatic rings. The highest BCUT2D eigenvalue weighted by Gasteiger charge is 2.02. The molecular weight excluding hydrogens is 262 g/mol. The van der Waals surface area contributed by atoms with Crippen molar-refractivity contribution in [2.24, 2.45) is 5.10 Å². The third-order valence-electron chi connectivity index (χ3n) is 2.58. The van der Waals surface area contributed by atoms with Crippen LogP contribution in [0.4, 0.5) is 8.78 Å². The van der Waals surface area contributed by atoms with Crippen LogP contribution < -0.4 is 5.43 Å². The number of rotatable bonds is 4. The van der Waals surface area contributed by atoms with Gasteiger partial charge in [0.2, 0.25) is 5.91 Å². The summed E-state index contributed by atoms with van der Waals surface area (Å²) >= 11 is 0. The summed E-state index contributed by atoms with van der Waals surface area (Å²) in [6, 6.07) is 11.7. The Morgan fingerprint density at radius 3 is 2.50 bits per heavy atom. The lowest BCUT2D eigenvalue weighted by molar-refractivity contribution is -0.120. The molecule has 0 radical (unpaired) electrons. The Morgan fingerprint density at radius 2 is 1.80 bits per heavy atom. The van der Waals surface area contributed by atoms with Crippen molar-refractivity contribution in [1.29, 1.82) is 0 Å². The van der Waals surface area contributed by atoms with Gasteiger partial charge in [-0.3, -0.25) is 4.79 Å². The zero-order valence-electron chi connectivity index (χ0n) is 10.5. The fraction of sp³-hybridized carbons (Fsp3) is 0.0667. The summed E-state index contributed by atoms with van der Waals surface area (Å²) in [7, 11) is 0. The molecule has 1 amide bonds. The predicted molar refractivity (Wildman–Crippen MR) is 72.2 cm³/mol. The molecule has 0 fully saturated rings. The van der Waals surface area contributed by atoms with Crippen LogP contribution in [0, 0.1) is 11.6 Å². The Kier molecular flexibility index (Phi) is 4.55. The Labute approximate surface area is 114 Å². The quantitative estimate of drug-likeness (QED) is 0.676. The van der Waals surface area contributed by atoms with Gasteiger partial charge in [0.25, 0.3) is 0 Å². The first-order valence-corrected chi connectivity index (χ1v) is 5.96. The predicted octanol–water partition coefficient (Wildman–Crippen LogP) is 2.66. The molecule has 0 heterocycles. The fourth-order valence-electron chi connectivity index (χ4n) is 1.58. The topological polar surface area (TPSA) is 41.5 Å². The van der Waals surface area contributed by atoms with Crippen LogP contribution in [0.5, 0.6) is 0 Å². The molecule has 3 nitrogen and oxygen atoms in total. The fourth-order valence-corrected chi connectivity index (χ4v) is 1.58. The molecule has 0 aliphatic rings. The first-order valence-electron chi connectivity index (χ1n) is 5.96. The van der Waals surface area contributed by atoms with Crippen LogP contribution in [0.15, 0.2) is 53.6 Å². The van der Waals surface area contributed by atoms with Gasteiger partial charge in [0.05, 0.1) is 12.6 Å². The molecule has 0 atom stereocenters. The average Bonchev–Trinajstić information content (AvgIpc) is 2.43. The monoisotopic (exact) mass is 274 g/mol. The SMILES string of the molecule is O=C(Cc1ccc(F)cc1)N/N=C/c1ccccc1F. The van der Waals surface area contributed by atoms with Crippen LogP contribution in [-0.2, 0) is 11.2 Å². The third kappa shape index (κ3) is 3.98. The summed E-state index contributed by atoms with van der Waals surface area (Å²) in [6.45, 7) is 0. The Hall–Kier alpha value is -2.56. The van der Waals surface area contributed by atoms with Crippen molar-refractivity contribution >= 4 is 12.1 Å². The minimum atomic E-state index is -0.413. The normalized spacial score (nSPS) is 10.7. The molecule has 0 aliphatic heterocycles. The van der Waals surface area contributed by atoms with Gasteiger partial charge >= 0.3 is 0 Å². The van der Waals surface area contributed by atoms with E-state index in [2.05, 4.69) is 10.5 Å². The molecule has 1 N–H and O–H groups in total. The maximum atomic E-state index is 13.3. The number of hydrogen-bond donors (Lipinski definition) is 1. The highest BCUT2D eigenvalue weighted by atomic mass is 19.1. The van der Waals surface area contributed by atoms with Gasteiger partial charge in [-0.25, -0.2) is 14.2 Å². The molecule has 0 bridgehead atoms. The standard InChI is InChI=1S/C15H12F2N2O/c16-13-7-5-11(6-8-13)9-15(20)19-18-10-12-3-1-2-4-14(12)17/h1-8,10H,9H2,(H,19,20)/b18-10+. The average molecular weight is 274 g/mol. The number of halogens is 2. The highest BCUT2D eigenvalue weighted by Crippen LogP contribution is 2.04. The summed E-state index contributed by atoms with van der Waals surface area (Å²) in [4.78, 5) is 11.6. The first-order chi connectivity index (χ1) is 9.65. The van der Waals surface area contributed by atoms with Gasteiger partial charge in [0, 0.05) is 5.56 Å². The molecule has 2 rings (SSSR count). The molecule has 0 saturated carbocycles. The number of hydrazone groups is 1. The number of carbonyl (C=O) groups excluding carboxylic acids is 1. The first kappa shape index (κ1) is 13.9. The minimum absolute atomic E-state index is 0.0783. The van der Waals surface area contributed by atoms with Gasteiger partial charge in [0.15, 0.2) is 0 Å². The lowest BCUT2D eigenvalue weighted by Crippen LogP contribution is -2.19. The van der Waals surface area contributed by atoms with Crippen molar-refractivity contribution in [3.63, 3.8) is 0 Å². The molecule has 2 aromatic carbocycles. The van der Waals surface area contributed by atoms with Gasteiger partial charge in [-0.15, -0.1) is 0 Å². The van der Waals surface area contributed by atoms with Crippen molar-refractivity contribution in [3.8, 4) is 0 Å². The molecule has 0 unspecified atom stereocenters. The van der Waals surface area contributed by atoms with Crippen molar-refractivity contribution in [1.82, 2.24) is 5.43 Å². The number of nitrogens with zero attached hydrogens (tertiary/aromatic N) is 1.